The van der Waals surface area contributed by atoms with Crippen LogP contribution in [0.5, 0.6) is 0 Å². The normalized spacial score (nSPS) is 17.8. The van der Waals surface area contributed by atoms with Crippen molar-refractivity contribution in [3.8, 4) is 0 Å². The van der Waals surface area contributed by atoms with E-state index in [1.54, 1.807) is 7.11 Å². The quantitative estimate of drug-likeness (QED) is 0.413. The molecule has 1 aliphatic rings. The molecule has 1 aliphatic heterocycles. The summed E-state index contributed by atoms with van der Waals surface area (Å²) in [5.74, 6) is 0.232. The van der Waals surface area contributed by atoms with E-state index in [1.165, 1.54) is 12.1 Å². The van der Waals surface area contributed by atoms with Crippen molar-refractivity contribution in [3.05, 3.63) is 35.4 Å². The topological polar surface area (TPSA) is 46.1 Å². The van der Waals surface area contributed by atoms with Gasteiger partial charge in [0.05, 0.1) is 19.8 Å². The monoisotopic (exact) mass is 369 g/mol. The number of nitrogens with zero attached hydrogens (tertiary/aromatic N) is 2. The van der Waals surface area contributed by atoms with Crippen molar-refractivity contribution in [3.63, 3.8) is 0 Å². The first-order chi connectivity index (χ1) is 12.6. The number of nitrogens with one attached hydrogen (secondary N) is 1. The Morgan fingerprint density at radius 3 is 2.73 bits per heavy atom. The van der Waals surface area contributed by atoms with Crippen LogP contribution in [0.15, 0.2) is 23.2 Å². The van der Waals surface area contributed by atoms with Crippen molar-refractivity contribution in [1.29, 1.82) is 0 Å². The summed E-state index contributed by atoms with van der Waals surface area (Å²) in [4.78, 5) is 6.84. The third-order valence-electron chi connectivity index (χ3n) is 4.29. The van der Waals surface area contributed by atoms with Crippen molar-refractivity contribution < 1.29 is 18.3 Å². The lowest BCUT2D eigenvalue weighted by Gasteiger charge is -2.21. The zero-order valence-corrected chi connectivity index (χ0v) is 15.6. The lowest BCUT2D eigenvalue weighted by molar-refractivity contribution is 0.0536. The van der Waals surface area contributed by atoms with E-state index < -0.39 is 11.6 Å². The van der Waals surface area contributed by atoms with Crippen LogP contribution < -0.4 is 5.32 Å². The SMILES string of the molecule is CCNC(=NCCc1cc(F)cc(F)c1)N1CCC(COCCOC)C1. The van der Waals surface area contributed by atoms with Crippen LogP contribution in [0.1, 0.15) is 18.9 Å². The van der Waals surface area contributed by atoms with Crippen LogP contribution in [0.4, 0.5) is 8.78 Å². The summed E-state index contributed by atoms with van der Waals surface area (Å²) in [7, 11) is 1.66. The van der Waals surface area contributed by atoms with Crippen LogP contribution >= 0.6 is 0 Å². The second-order valence-corrected chi connectivity index (χ2v) is 6.43. The molecule has 0 spiro atoms. The van der Waals surface area contributed by atoms with Gasteiger partial charge in [0.2, 0.25) is 0 Å². The summed E-state index contributed by atoms with van der Waals surface area (Å²) >= 11 is 0. The number of methoxy groups -OCH3 is 1. The largest absolute Gasteiger partial charge is 0.382 e. The minimum atomic E-state index is -0.549. The molecule has 1 saturated heterocycles. The maximum Gasteiger partial charge on any atom is 0.193 e. The number of hydrogen-bond donors (Lipinski definition) is 1. The van der Waals surface area contributed by atoms with E-state index in [-0.39, 0.29) is 0 Å². The molecule has 1 heterocycles. The highest BCUT2D eigenvalue weighted by Gasteiger charge is 2.24. The van der Waals surface area contributed by atoms with Crippen molar-refractivity contribution in [1.82, 2.24) is 10.2 Å². The van der Waals surface area contributed by atoms with Crippen molar-refractivity contribution >= 4 is 5.96 Å². The maximum atomic E-state index is 13.3. The van der Waals surface area contributed by atoms with E-state index >= 15 is 0 Å². The minimum Gasteiger partial charge on any atom is -0.382 e. The Labute approximate surface area is 154 Å². The number of likely N-dealkylation sites (tertiary alicyclic amines) is 1. The number of halogens is 2. The maximum absolute atomic E-state index is 13.3. The minimum absolute atomic E-state index is 0.480. The molecular formula is C19H29F2N3O2. The Balaban J connectivity index is 1.84. The van der Waals surface area contributed by atoms with E-state index in [0.29, 0.717) is 37.7 Å². The first kappa shape index (κ1) is 20.6. The third-order valence-corrected chi connectivity index (χ3v) is 4.29. The average Bonchev–Trinajstić information content (AvgIpc) is 3.06. The number of ether oxygens (including phenoxy) is 2. The summed E-state index contributed by atoms with van der Waals surface area (Å²) in [5.41, 5.74) is 0.618. The third kappa shape index (κ3) is 6.88. The number of benzene rings is 1. The first-order valence-electron chi connectivity index (χ1n) is 9.17. The molecule has 0 aromatic heterocycles. The van der Waals surface area contributed by atoms with Crippen molar-refractivity contribution in [2.24, 2.45) is 10.9 Å². The van der Waals surface area contributed by atoms with E-state index in [2.05, 4.69) is 15.2 Å². The molecule has 0 saturated carbocycles. The first-order valence-corrected chi connectivity index (χ1v) is 9.17. The van der Waals surface area contributed by atoms with E-state index in [9.17, 15) is 8.78 Å². The van der Waals surface area contributed by atoms with Crippen molar-refractivity contribution in [2.75, 3.05) is 53.1 Å². The van der Waals surface area contributed by atoms with Crippen LogP contribution in [0.25, 0.3) is 0 Å². The van der Waals surface area contributed by atoms with E-state index in [4.69, 9.17) is 9.47 Å². The molecule has 0 bridgehead atoms. The Hall–Kier alpha value is -1.73. The predicted molar refractivity (Wildman–Crippen MR) is 98.4 cm³/mol. The fourth-order valence-electron chi connectivity index (χ4n) is 3.03. The van der Waals surface area contributed by atoms with Gasteiger partial charge in [-0.25, -0.2) is 8.78 Å². The molecule has 0 amide bonds. The molecule has 146 valence electrons. The summed E-state index contributed by atoms with van der Waals surface area (Å²) in [5, 5.41) is 3.30. The lowest BCUT2D eigenvalue weighted by atomic mass is 10.1. The molecule has 7 heteroatoms. The van der Waals surface area contributed by atoms with Crippen LogP contribution in [-0.4, -0.2) is 64.0 Å². The molecule has 1 aromatic carbocycles. The van der Waals surface area contributed by atoms with E-state index in [1.807, 2.05) is 6.92 Å². The highest BCUT2D eigenvalue weighted by Crippen LogP contribution is 2.17. The highest BCUT2D eigenvalue weighted by atomic mass is 19.1. The van der Waals surface area contributed by atoms with Gasteiger partial charge in [-0.15, -0.1) is 0 Å². The molecule has 0 aliphatic carbocycles. The smallest absolute Gasteiger partial charge is 0.193 e. The Bertz CT molecular complexity index is 564. The zero-order valence-electron chi connectivity index (χ0n) is 15.6. The van der Waals surface area contributed by atoms with Crippen LogP contribution in [0.3, 0.4) is 0 Å². The van der Waals surface area contributed by atoms with Gasteiger partial charge in [0.25, 0.3) is 0 Å². The van der Waals surface area contributed by atoms with Gasteiger partial charge in [-0.2, -0.15) is 0 Å². The predicted octanol–water partition coefficient (Wildman–Crippen LogP) is 2.46. The molecular weight excluding hydrogens is 340 g/mol. The van der Waals surface area contributed by atoms with Crippen LogP contribution in [-0.2, 0) is 15.9 Å². The van der Waals surface area contributed by atoms with Crippen LogP contribution in [0.2, 0.25) is 0 Å². The molecule has 5 nitrogen and oxygen atoms in total. The summed E-state index contributed by atoms with van der Waals surface area (Å²) in [6, 6.07) is 3.60. The van der Waals surface area contributed by atoms with Gasteiger partial charge in [-0.3, -0.25) is 4.99 Å². The fraction of sp³-hybridized carbons (Fsp3) is 0.632. The van der Waals surface area contributed by atoms with Crippen molar-refractivity contribution in [2.45, 2.75) is 19.8 Å². The molecule has 1 unspecified atom stereocenters. The molecule has 1 fully saturated rings. The molecule has 2 rings (SSSR count). The number of aliphatic imine (C=N–C) groups is 1. The molecule has 1 atom stereocenters. The number of hydrogen-bond acceptors (Lipinski definition) is 3. The Morgan fingerprint density at radius 1 is 1.27 bits per heavy atom. The standard InChI is InChI=1S/C19H29F2N3O2/c1-3-22-19(23-6-4-15-10-17(20)12-18(21)11-15)24-7-5-16(13-24)14-26-9-8-25-2/h10-12,16H,3-9,13-14H2,1-2H3,(H,22,23). The zero-order chi connectivity index (χ0) is 18.8. The lowest BCUT2D eigenvalue weighted by Crippen LogP contribution is -2.40. The average molecular weight is 369 g/mol. The summed E-state index contributed by atoms with van der Waals surface area (Å²) in [6.07, 6.45) is 1.56. The Morgan fingerprint density at radius 2 is 2.04 bits per heavy atom. The Kier molecular flexibility index (Phi) is 8.77. The second kappa shape index (κ2) is 11.1. The molecule has 26 heavy (non-hydrogen) atoms. The van der Waals surface area contributed by atoms with Gasteiger partial charge in [0.1, 0.15) is 11.6 Å². The number of rotatable bonds is 9. The van der Waals surface area contributed by atoms with Gasteiger partial charge in [-0.05, 0) is 37.5 Å². The van der Waals surface area contributed by atoms with Crippen LogP contribution in [0, 0.1) is 17.6 Å². The van der Waals surface area contributed by atoms with Gasteiger partial charge < -0.3 is 19.7 Å². The molecule has 1 N–H and O–H groups in total. The van der Waals surface area contributed by atoms with Gasteiger partial charge in [0.15, 0.2) is 5.96 Å². The second-order valence-electron chi connectivity index (χ2n) is 6.43. The summed E-state index contributed by atoms with van der Waals surface area (Å²) < 4.78 is 37.1. The summed E-state index contributed by atoms with van der Waals surface area (Å²) in [6.45, 7) is 7.06. The fourth-order valence-corrected chi connectivity index (χ4v) is 3.03. The highest BCUT2D eigenvalue weighted by molar-refractivity contribution is 5.80. The van der Waals surface area contributed by atoms with Gasteiger partial charge in [0, 0.05) is 45.3 Å². The number of guanidine groups is 1. The van der Waals surface area contributed by atoms with E-state index in [0.717, 1.165) is 44.7 Å². The van der Waals surface area contributed by atoms with Gasteiger partial charge in [-0.1, -0.05) is 0 Å². The molecule has 0 radical (unpaired) electrons. The van der Waals surface area contributed by atoms with Gasteiger partial charge >= 0.3 is 0 Å². The molecule has 1 aromatic rings.